The van der Waals surface area contributed by atoms with Gasteiger partial charge in [0.05, 0.1) is 30.9 Å². The van der Waals surface area contributed by atoms with E-state index in [4.69, 9.17) is 4.98 Å². The summed E-state index contributed by atoms with van der Waals surface area (Å²) < 4.78 is 1.12. The maximum absolute atomic E-state index is 13.2. The van der Waals surface area contributed by atoms with Crippen molar-refractivity contribution in [3.8, 4) is 0 Å². The molecule has 3 rings (SSSR count). The molecule has 2 aromatic carbocycles. The van der Waals surface area contributed by atoms with Crippen LogP contribution in [0.15, 0.2) is 47.4 Å². The Bertz CT molecular complexity index is 919. The first-order valence-corrected chi connectivity index (χ1v) is 11.1. The average molecular weight is 401 g/mol. The maximum Gasteiger partial charge on any atom is 0.260 e. The summed E-state index contributed by atoms with van der Waals surface area (Å²) in [4.78, 5) is 22.4. The number of quaternary nitrogens is 1. The summed E-state index contributed by atoms with van der Waals surface area (Å²) >= 11 is 3.27. The highest BCUT2D eigenvalue weighted by atomic mass is 32.2. The van der Waals surface area contributed by atoms with E-state index < -0.39 is 0 Å². The highest BCUT2D eigenvalue weighted by Gasteiger charge is 2.21. The van der Waals surface area contributed by atoms with E-state index in [0.717, 1.165) is 33.2 Å². The minimum Gasteiger partial charge on any atom is -0.340 e. The molecule has 0 aliphatic heterocycles. The highest BCUT2D eigenvalue weighted by Crippen LogP contribution is 2.30. The van der Waals surface area contributed by atoms with Gasteiger partial charge in [-0.1, -0.05) is 17.4 Å². The summed E-state index contributed by atoms with van der Waals surface area (Å²) in [6.45, 7) is 3.77. The van der Waals surface area contributed by atoms with Crippen molar-refractivity contribution in [2.45, 2.75) is 18.2 Å². The van der Waals surface area contributed by atoms with Crippen LogP contribution in [-0.2, 0) is 0 Å². The van der Waals surface area contributed by atoms with Gasteiger partial charge >= 0.3 is 0 Å². The number of nitrogens with zero attached hydrogens (tertiary/aromatic N) is 2. The molecule has 0 unspecified atom stereocenters. The first kappa shape index (κ1) is 19.9. The van der Waals surface area contributed by atoms with Gasteiger partial charge in [0.15, 0.2) is 5.13 Å². The van der Waals surface area contributed by atoms with Crippen molar-refractivity contribution in [3.05, 3.63) is 53.6 Å². The van der Waals surface area contributed by atoms with Crippen LogP contribution < -0.4 is 9.80 Å². The molecular formula is C21H26N3OS2+. The van der Waals surface area contributed by atoms with Crippen LogP contribution in [0.4, 0.5) is 5.13 Å². The van der Waals surface area contributed by atoms with E-state index >= 15 is 0 Å². The summed E-state index contributed by atoms with van der Waals surface area (Å²) in [6, 6.07) is 14.1. The number of hydrogen-bond acceptors (Lipinski definition) is 4. The second-order valence-electron chi connectivity index (χ2n) is 6.96. The monoisotopic (exact) mass is 400 g/mol. The molecular weight excluding hydrogens is 374 g/mol. The van der Waals surface area contributed by atoms with Gasteiger partial charge in [-0.3, -0.25) is 9.69 Å². The first-order chi connectivity index (χ1) is 13.0. The van der Waals surface area contributed by atoms with Crippen molar-refractivity contribution < 1.29 is 9.69 Å². The van der Waals surface area contributed by atoms with E-state index in [-0.39, 0.29) is 5.91 Å². The molecule has 0 atom stereocenters. The molecule has 0 bridgehead atoms. The molecule has 6 heteroatoms. The molecule has 0 spiro atoms. The molecule has 1 aromatic heterocycles. The van der Waals surface area contributed by atoms with Crippen molar-refractivity contribution in [1.29, 1.82) is 0 Å². The number of anilines is 1. The fourth-order valence-electron chi connectivity index (χ4n) is 2.90. The lowest BCUT2D eigenvalue weighted by Crippen LogP contribution is -3.05. The molecule has 0 saturated carbocycles. The Hall–Kier alpha value is -1.89. The van der Waals surface area contributed by atoms with E-state index in [0.29, 0.717) is 12.1 Å². The summed E-state index contributed by atoms with van der Waals surface area (Å²) in [6.07, 6.45) is 2.97. The zero-order chi connectivity index (χ0) is 19.4. The van der Waals surface area contributed by atoms with Gasteiger partial charge in [0, 0.05) is 23.4 Å². The number of aromatic nitrogens is 1. The highest BCUT2D eigenvalue weighted by molar-refractivity contribution is 7.98. The fraction of sp³-hybridized carbons (Fsp3) is 0.333. The number of aryl methyl sites for hydroxylation is 1. The minimum atomic E-state index is 0.0205. The Balaban J connectivity index is 1.91. The summed E-state index contributed by atoms with van der Waals surface area (Å²) in [5, 5.41) is 0.781. The second kappa shape index (κ2) is 8.87. The zero-order valence-corrected chi connectivity index (χ0v) is 17.9. The molecule has 0 aliphatic carbocycles. The first-order valence-electron chi connectivity index (χ1n) is 9.10. The largest absolute Gasteiger partial charge is 0.340 e. The Morgan fingerprint density at radius 1 is 1.19 bits per heavy atom. The Morgan fingerprint density at radius 2 is 1.93 bits per heavy atom. The number of hydrogen-bond donors (Lipinski definition) is 1. The number of nitrogens with one attached hydrogen (secondary N) is 1. The van der Waals surface area contributed by atoms with E-state index in [2.05, 4.69) is 33.2 Å². The molecule has 0 fully saturated rings. The molecule has 0 aliphatic rings. The number of amides is 1. The predicted octanol–water partition coefficient (Wildman–Crippen LogP) is 3.51. The van der Waals surface area contributed by atoms with Crippen molar-refractivity contribution >= 4 is 44.4 Å². The third-order valence-corrected chi connectivity index (χ3v) is 6.19. The summed E-state index contributed by atoms with van der Waals surface area (Å²) in [5.41, 5.74) is 2.87. The van der Waals surface area contributed by atoms with Gasteiger partial charge in [0.25, 0.3) is 5.91 Å². The van der Waals surface area contributed by atoms with Crippen molar-refractivity contribution in [2.75, 3.05) is 38.3 Å². The fourth-order valence-corrected chi connectivity index (χ4v) is 4.40. The van der Waals surface area contributed by atoms with Crippen LogP contribution in [-0.4, -0.2) is 44.3 Å². The van der Waals surface area contributed by atoms with Gasteiger partial charge in [0.1, 0.15) is 0 Å². The van der Waals surface area contributed by atoms with E-state index in [1.54, 1.807) is 23.1 Å². The minimum absolute atomic E-state index is 0.0205. The predicted molar refractivity (Wildman–Crippen MR) is 117 cm³/mol. The third-order valence-electron chi connectivity index (χ3n) is 4.40. The molecule has 142 valence electrons. The molecule has 3 aromatic rings. The summed E-state index contributed by atoms with van der Waals surface area (Å²) in [5.74, 6) is 0.0205. The number of thioether (sulfide) groups is 1. The van der Waals surface area contributed by atoms with E-state index in [1.165, 1.54) is 10.5 Å². The van der Waals surface area contributed by atoms with Crippen LogP contribution in [0.5, 0.6) is 0 Å². The lowest BCUT2D eigenvalue weighted by atomic mass is 10.2. The number of benzene rings is 2. The van der Waals surface area contributed by atoms with Crippen LogP contribution in [0.25, 0.3) is 10.2 Å². The summed E-state index contributed by atoms with van der Waals surface area (Å²) in [7, 11) is 4.27. The lowest BCUT2D eigenvalue weighted by Gasteiger charge is -2.20. The molecule has 27 heavy (non-hydrogen) atoms. The number of carbonyl (C=O) groups is 1. The van der Waals surface area contributed by atoms with Crippen LogP contribution >= 0.6 is 23.1 Å². The topological polar surface area (TPSA) is 37.6 Å². The second-order valence-corrected chi connectivity index (χ2v) is 8.85. The molecule has 1 heterocycles. The van der Waals surface area contributed by atoms with Crippen LogP contribution in [0.2, 0.25) is 0 Å². The standard InChI is InChI=1S/C21H25N3OS2/c1-15-6-11-18-19(14-15)27-21(22-18)24(13-5-12-23(2)3)20(25)16-7-9-17(26-4)10-8-16/h6-11,14H,5,12-13H2,1-4H3/p+1. The van der Waals surface area contributed by atoms with Crippen molar-refractivity contribution in [2.24, 2.45) is 0 Å². The molecule has 0 saturated heterocycles. The van der Waals surface area contributed by atoms with Crippen molar-refractivity contribution in [1.82, 2.24) is 4.98 Å². The number of fused-ring (bicyclic) bond motifs is 1. The van der Waals surface area contributed by atoms with Gasteiger partial charge in [-0.2, -0.15) is 0 Å². The normalized spacial score (nSPS) is 11.3. The lowest BCUT2D eigenvalue weighted by molar-refractivity contribution is -0.858. The average Bonchev–Trinajstić information content (AvgIpc) is 3.07. The van der Waals surface area contributed by atoms with E-state index in [9.17, 15) is 4.79 Å². The zero-order valence-electron chi connectivity index (χ0n) is 16.3. The van der Waals surface area contributed by atoms with Gasteiger partial charge in [-0.25, -0.2) is 4.98 Å². The van der Waals surface area contributed by atoms with Crippen LogP contribution in [0, 0.1) is 6.92 Å². The van der Waals surface area contributed by atoms with Crippen molar-refractivity contribution in [3.63, 3.8) is 0 Å². The number of rotatable bonds is 7. The number of carbonyl (C=O) groups excluding carboxylic acids is 1. The Morgan fingerprint density at radius 3 is 2.59 bits per heavy atom. The van der Waals surface area contributed by atoms with Gasteiger partial charge in [-0.15, -0.1) is 11.8 Å². The van der Waals surface area contributed by atoms with Crippen LogP contribution in [0.3, 0.4) is 0 Å². The number of thiazole rings is 1. The van der Waals surface area contributed by atoms with Gasteiger partial charge in [-0.05, 0) is 55.1 Å². The van der Waals surface area contributed by atoms with Gasteiger partial charge < -0.3 is 4.90 Å². The van der Waals surface area contributed by atoms with Crippen LogP contribution in [0.1, 0.15) is 22.3 Å². The van der Waals surface area contributed by atoms with Gasteiger partial charge in [0.2, 0.25) is 0 Å². The Kier molecular flexibility index (Phi) is 6.52. The Labute approximate surface area is 169 Å². The molecule has 0 radical (unpaired) electrons. The smallest absolute Gasteiger partial charge is 0.260 e. The van der Waals surface area contributed by atoms with E-state index in [1.807, 2.05) is 41.5 Å². The SMILES string of the molecule is CSc1ccc(C(=O)N(CCC[NH+](C)C)c2nc3ccc(C)cc3s2)cc1. The quantitative estimate of drug-likeness (QED) is 0.617. The third kappa shape index (κ3) is 4.89. The molecule has 4 nitrogen and oxygen atoms in total. The molecule has 1 N–H and O–H groups in total. The molecule has 1 amide bonds. The maximum atomic E-state index is 13.2.